The van der Waals surface area contributed by atoms with E-state index < -0.39 is 0 Å². The van der Waals surface area contributed by atoms with E-state index in [4.69, 9.17) is 0 Å². The summed E-state index contributed by atoms with van der Waals surface area (Å²) in [6.07, 6.45) is 2.51. The quantitative estimate of drug-likeness (QED) is 0.512. The lowest BCUT2D eigenvalue weighted by molar-refractivity contribution is -0.116. The third kappa shape index (κ3) is 4.49. The van der Waals surface area contributed by atoms with Crippen LogP contribution in [-0.4, -0.2) is 26.6 Å². The van der Waals surface area contributed by atoms with Crippen molar-refractivity contribution in [2.24, 2.45) is 0 Å². The van der Waals surface area contributed by atoms with Crippen LogP contribution >= 0.6 is 11.3 Å². The van der Waals surface area contributed by atoms with Crippen LogP contribution in [0, 0.1) is 0 Å². The Hall–Kier alpha value is -3.52. The molecule has 0 aliphatic carbocycles. The molecule has 29 heavy (non-hydrogen) atoms. The first kappa shape index (κ1) is 18.8. The molecule has 0 spiro atoms. The lowest BCUT2D eigenvalue weighted by Gasteiger charge is -2.07. The Balaban J connectivity index is 1.43. The van der Waals surface area contributed by atoms with Gasteiger partial charge in [0.25, 0.3) is 0 Å². The largest absolute Gasteiger partial charge is 0.338 e. The fourth-order valence-electron chi connectivity index (χ4n) is 3.12. The van der Waals surface area contributed by atoms with Crippen molar-refractivity contribution in [3.05, 3.63) is 71.4 Å². The molecule has 146 valence electrons. The number of anilines is 2. The minimum Gasteiger partial charge on any atom is -0.338 e. The van der Waals surface area contributed by atoms with E-state index in [9.17, 15) is 9.59 Å². The van der Waals surface area contributed by atoms with Crippen LogP contribution in [0.5, 0.6) is 0 Å². The molecule has 2 heterocycles. The fraction of sp³-hybridized carbons (Fsp3) is 0.143. The van der Waals surface area contributed by atoms with Gasteiger partial charge < -0.3 is 9.88 Å². The normalized spacial score (nSPS) is 10.8. The van der Waals surface area contributed by atoms with E-state index in [1.807, 2.05) is 65.4 Å². The van der Waals surface area contributed by atoms with Gasteiger partial charge in [0.05, 0.1) is 11.2 Å². The average molecular weight is 405 g/mol. The molecule has 2 aromatic carbocycles. The van der Waals surface area contributed by atoms with Crippen molar-refractivity contribution in [3.63, 3.8) is 0 Å². The minimum atomic E-state index is -0.185. The fourth-order valence-corrected chi connectivity index (χ4v) is 3.91. The van der Waals surface area contributed by atoms with Gasteiger partial charge in [-0.3, -0.25) is 14.9 Å². The van der Waals surface area contributed by atoms with Gasteiger partial charge in [-0.1, -0.05) is 47.7 Å². The van der Waals surface area contributed by atoms with Gasteiger partial charge in [-0.25, -0.2) is 0 Å². The number of fused-ring (bicyclic) bond motifs is 1. The van der Waals surface area contributed by atoms with Gasteiger partial charge in [-0.2, -0.15) is 0 Å². The van der Waals surface area contributed by atoms with Crippen molar-refractivity contribution in [1.82, 2.24) is 14.8 Å². The number of carbonyl (C=O) groups excluding carboxylic acids is 2. The van der Waals surface area contributed by atoms with E-state index >= 15 is 0 Å². The number of carbonyl (C=O) groups is 2. The molecule has 0 unspecified atom stereocenters. The van der Waals surface area contributed by atoms with E-state index in [1.165, 1.54) is 18.3 Å². The lowest BCUT2D eigenvalue weighted by Crippen LogP contribution is -2.18. The summed E-state index contributed by atoms with van der Waals surface area (Å²) >= 11 is 1.37. The number of nitrogens with one attached hydrogen (secondary N) is 2. The summed E-state index contributed by atoms with van der Waals surface area (Å²) in [5.41, 5.74) is 2.74. The van der Waals surface area contributed by atoms with Crippen LogP contribution in [-0.2, 0) is 22.6 Å². The highest BCUT2D eigenvalue weighted by Crippen LogP contribution is 2.25. The molecule has 7 nitrogen and oxygen atoms in total. The molecule has 4 rings (SSSR count). The van der Waals surface area contributed by atoms with Crippen LogP contribution in [0.1, 0.15) is 17.5 Å². The average Bonchev–Trinajstić information content (AvgIpc) is 3.30. The first-order chi connectivity index (χ1) is 14.1. The second-order valence-corrected chi connectivity index (χ2v) is 7.64. The Labute approximate surface area is 171 Å². The van der Waals surface area contributed by atoms with E-state index in [1.54, 1.807) is 0 Å². The first-order valence-corrected chi connectivity index (χ1v) is 9.92. The van der Waals surface area contributed by atoms with Crippen molar-refractivity contribution in [3.8, 4) is 0 Å². The molecule has 0 aliphatic rings. The SMILES string of the molecule is CC(=O)Nc1cccc2c1ccn2CC(=O)Nc1nnc(Cc2ccccc2)s1. The third-order valence-electron chi connectivity index (χ3n) is 4.35. The van der Waals surface area contributed by atoms with Gasteiger partial charge in [0, 0.05) is 24.9 Å². The zero-order valence-corrected chi connectivity index (χ0v) is 16.6. The second-order valence-electron chi connectivity index (χ2n) is 6.57. The van der Waals surface area contributed by atoms with Crippen molar-refractivity contribution < 1.29 is 9.59 Å². The maximum Gasteiger partial charge on any atom is 0.246 e. The highest BCUT2D eigenvalue weighted by atomic mass is 32.1. The summed E-state index contributed by atoms with van der Waals surface area (Å²) in [6, 6.07) is 17.5. The van der Waals surface area contributed by atoms with Gasteiger partial charge >= 0.3 is 0 Å². The van der Waals surface area contributed by atoms with Crippen molar-refractivity contribution in [2.45, 2.75) is 19.9 Å². The molecule has 0 saturated carbocycles. The van der Waals surface area contributed by atoms with E-state index in [0.29, 0.717) is 11.6 Å². The molecular formula is C21H19N5O2S. The Morgan fingerprint density at radius 3 is 2.62 bits per heavy atom. The molecule has 0 fully saturated rings. The van der Waals surface area contributed by atoms with Crippen LogP contribution in [0.2, 0.25) is 0 Å². The molecular weight excluding hydrogens is 386 g/mol. The topological polar surface area (TPSA) is 88.9 Å². The molecule has 2 N–H and O–H groups in total. The summed E-state index contributed by atoms with van der Waals surface area (Å²) in [4.78, 5) is 23.9. The Morgan fingerprint density at radius 2 is 1.83 bits per heavy atom. The smallest absolute Gasteiger partial charge is 0.246 e. The highest BCUT2D eigenvalue weighted by Gasteiger charge is 2.12. The number of amides is 2. The van der Waals surface area contributed by atoms with Crippen LogP contribution < -0.4 is 10.6 Å². The number of hydrogen-bond donors (Lipinski definition) is 2. The Morgan fingerprint density at radius 1 is 1.00 bits per heavy atom. The standard InChI is InChI=1S/C21H19N5O2S/c1-14(27)22-17-8-5-9-18-16(17)10-11-26(18)13-19(28)23-21-25-24-20(29-21)12-15-6-3-2-4-7-15/h2-11H,12-13H2,1H3,(H,22,27)(H,23,25,28). The zero-order chi connectivity index (χ0) is 20.2. The minimum absolute atomic E-state index is 0.134. The Bertz CT molecular complexity index is 1170. The lowest BCUT2D eigenvalue weighted by atomic mass is 10.2. The van der Waals surface area contributed by atoms with Crippen LogP contribution in [0.25, 0.3) is 10.9 Å². The van der Waals surface area contributed by atoms with Gasteiger partial charge in [-0.05, 0) is 23.8 Å². The number of rotatable bonds is 6. The predicted molar refractivity (Wildman–Crippen MR) is 114 cm³/mol. The molecule has 0 radical (unpaired) electrons. The van der Waals surface area contributed by atoms with E-state index in [-0.39, 0.29) is 18.4 Å². The van der Waals surface area contributed by atoms with Crippen LogP contribution in [0.3, 0.4) is 0 Å². The predicted octanol–water partition coefficient (Wildman–Crippen LogP) is 3.68. The van der Waals surface area contributed by atoms with Crippen molar-refractivity contribution in [1.29, 1.82) is 0 Å². The molecule has 4 aromatic rings. The molecule has 0 aliphatic heterocycles. The molecule has 0 atom stereocenters. The number of benzene rings is 2. The second kappa shape index (κ2) is 8.24. The number of hydrogen-bond acceptors (Lipinski definition) is 5. The summed E-state index contributed by atoms with van der Waals surface area (Å²) in [7, 11) is 0. The maximum atomic E-state index is 12.5. The van der Waals surface area contributed by atoms with Crippen molar-refractivity contribution in [2.75, 3.05) is 10.6 Å². The zero-order valence-electron chi connectivity index (χ0n) is 15.8. The van der Waals surface area contributed by atoms with Crippen molar-refractivity contribution >= 4 is 44.9 Å². The molecule has 8 heteroatoms. The van der Waals surface area contributed by atoms with Gasteiger partial charge in [0.2, 0.25) is 16.9 Å². The monoisotopic (exact) mass is 405 g/mol. The van der Waals surface area contributed by atoms with Gasteiger partial charge in [0.15, 0.2) is 0 Å². The number of aromatic nitrogens is 3. The third-order valence-corrected chi connectivity index (χ3v) is 5.19. The van der Waals surface area contributed by atoms with Gasteiger partial charge in [-0.15, -0.1) is 10.2 Å². The summed E-state index contributed by atoms with van der Waals surface area (Å²) in [6.45, 7) is 1.61. The molecule has 2 amide bonds. The molecule has 0 bridgehead atoms. The summed E-state index contributed by atoms with van der Waals surface area (Å²) in [5, 5.41) is 16.1. The molecule has 2 aromatic heterocycles. The molecule has 0 saturated heterocycles. The van der Waals surface area contributed by atoms with Gasteiger partial charge in [0.1, 0.15) is 11.6 Å². The van der Waals surface area contributed by atoms with E-state index in [0.717, 1.165) is 27.2 Å². The maximum absolute atomic E-state index is 12.5. The highest BCUT2D eigenvalue weighted by molar-refractivity contribution is 7.15. The number of nitrogens with zero attached hydrogens (tertiary/aromatic N) is 3. The van der Waals surface area contributed by atoms with Crippen LogP contribution in [0.15, 0.2) is 60.8 Å². The Kier molecular flexibility index (Phi) is 5.35. The summed E-state index contributed by atoms with van der Waals surface area (Å²) < 4.78 is 1.84. The van der Waals surface area contributed by atoms with Crippen LogP contribution in [0.4, 0.5) is 10.8 Å². The first-order valence-electron chi connectivity index (χ1n) is 9.10. The summed E-state index contributed by atoms with van der Waals surface area (Å²) in [5.74, 6) is -0.319. The van der Waals surface area contributed by atoms with E-state index in [2.05, 4.69) is 20.8 Å².